The Labute approximate surface area is 269 Å². The third-order valence-electron chi connectivity index (χ3n) is 7.36. The lowest BCUT2D eigenvalue weighted by molar-refractivity contribution is -0.128. The molecule has 6 nitrogen and oxygen atoms in total. The molecular formula is C35H34Br2N2O4. The Kier molecular flexibility index (Phi) is 10.7. The fourth-order valence-electron chi connectivity index (χ4n) is 5.13. The van der Waals surface area contributed by atoms with Crippen molar-refractivity contribution in [2.45, 2.75) is 37.3 Å². The van der Waals surface area contributed by atoms with Crippen molar-refractivity contribution < 1.29 is 19.4 Å². The van der Waals surface area contributed by atoms with Crippen molar-refractivity contribution in [1.82, 2.24) is 5.32 Å². The van der Waals surface area contributed by atoms with Crippen LogP contribution in [0, 0.1) is 0 Å². The number of nitrogens with zero attached hydrogens (tertiary/aromatic N) is 1. The number of hydrogen-bond donors (Lipinski definition) is 2. The fraction of sp³-hybridized carbons (Fsp3) is 0.257. The van der Waals surface area contributed by atoms with Gasteiger partial charge in [0.25, 0.3) is 5.91 Å². The van der Waals surface area contributed by atoms with E-state index in [1.54, 1.807) is 0 Å². The average molecular weight is 706 g/mol. The van der Waals surface area contributed by atoms with E-state index in [9.17, 15) is 4.79 Å². The molecule has 0 saturated carbocycles. The Bertz CT molecular complexity index is 1510. The Morgan fingerprint density at radius 1 is 0.860 bits per heavy atom. The van der Waals surface area contributed by atoms with Crippen LogP contribution in [0.25, 0.3) is 0 Å². The monoisotopic (exact) mass is 704 g/mol. The molecule has 0 fully saturated rings. The van der Waals surface area contributed by atoms with Crippen molar-refractivity contribution in [3.63, 3.8) is 0 Å². The van der Waals surface area contributed by atoms with Gasteiger partial charge in [0.1, 0.15) is 5.75 Å². The van der Waals surface area contributed by atoms with Gasteiger partial charge in [-0.05, 0) is 78.1 Å². The molecule has 1 amide bonds. The minimum atomic E-state index is -1.24. The van der Waals surface area contributed by atoms with Gasteiger partial charge in [0, 0.05) is 40.5 Å². The molecule has 0 aromatic heterocycles. The van der Waals surface area contributed by atoms with Gasteiger partial charge in [-0.3, -0.25) is 4.79 Å². The van der Waals surface area contributed by atoms with Crippen molar-refractivity contribution in [2.24, 2.45) is 4.99 Å². The summed E-state index contributed by atoms with van der Waals surface area (Å²) in [7, 11) is 0. The van der Waals surface area contributed by atoms with Crippen LogP contribution in [0.4, 0.5) is 0 Å². The highest BCUT2D eigenvalue weighted by Gasteiger charge is 2.53. The molecule has 1 heterocycles. The van der Waals surface area contributed by atoms with Crippen LogP contribution in [0.15, 0.2) is 117 Å². The number of nitrogens with one attached hydrogen (secondary N) is 1. The van der Waals surface area contributed by atoms with Gasteiger partial charge < -0.3 is 19.9 Å². The molecule has 1 aliphatic heterocycles. The SMILES string of the molecule is O=C(NCCCc1ccccc1)[C@]1(Cc2ccc(Br)cc2)N=C(c2ccc(OCCCO)cc2)O[C@@H]1c1ccc(Br)cc1. The zero-order chi connectivity index (χ0) is 30.1. The number of ether oxygens (including phenoxy) is 2. The Morgan fingerprint density at radius 3 is 2.21 bits per heavy atom. The Hall–Kier alpha value is -3.46. The third kappa shape index (κ3) is 7.93. The molecule has 0 bridgehead atoms. The lowest BCUT2D eigenvalue weighted by atomic mass is 9.82. The van der Waals surface area contributed by atoms with Crippen LogP contribution >= 0.6 is 31.9 Å². The highest BCUT2D eigenvalue weighted by atomic mass is 79.9. The molecule has 222 valence electrons. The number of halogens is 2. The van der Waals surface area contributed by atoms with Gasteiger partial charge >= 0.3 is 0 Å². The van der Waals surface area contributed by atoms with E-state index in [0.29, 0.717) is 37.6 Å². The fourth-order valence-corrected chi connectivity index (χ4v) is 5.65. The van der Waals surface area contributed by atoms with Gasteiger partial charge in [-0.2, -0.15) is 0 Å². The third-order valence-corrected chi connectivity index (χ3v) is 8.42. The van der Waals surface area contributed by atoms with E-state index in [-0.39, 0.29) is 12.5 Å². The van der Waals surface area contributed by atoms with Gasteiger partial charge in [-0.15, -0.1) is 0 Å². The number of aryl methyl sites for hydroxylation is 1. The summed E-state index contributed by atoms with van der Waals surface area (Å²) in [5.74, 6) is 0.930. The molecule has 0 spiro atoms. The predicted molar refractivity (Wildman–Crippen MR) is 176 cm³/mol. The molecular weight excluding hydrogens is 672 g/mol. The van der Waals surface area contributed by atoms with Crippen molar-refractivity contribution in [2.75, 3.05) is 19.8 Å². The second-order valence-corrected chi connectivity index (χ2v) is 12.3. The molecule has 5 rings (SSSR count). The summed E-state index contributed by atoms with van der Waals surface area (Å²) in [4.78, 5) is 19.4. The van der Waals surface area contributed by atoms with E-state index in [2.05, 4.69) is 49.3 Å². The smallest absolute Gasteiger partial charge is 0.252 e. The molecule has 0 saturated heterocycles. The summed E-state index contributed by atoms with van der Waals surface area (Å²) < 4.78 is 14.2. The lowest BCUT2D eigenvalue weighted by Gasteiger charge is -2.31. The first kappa shape index (κ1) is 31.0. The summed E-state index contributed by atoms with van der Waals surface area (Å²) in [6.45, 7) is 1.03. The van der Waals surface area contributed by atoms with Gasteiger partial charge in [-0.1, -0.05) is 86.5 Å². The Morgan fingerprint density at radius 2 is 1.53 bits per heavy atom. The van der Waals surface area contributed by atoms with Crippen LogP contribution in [0.1, 0.15) is 41.2 Å². The number of aliphatic imine (C=N–C) groups is 1. The number of aliphatic hydroxyl groups excluding tert-OH is 1. The van der Waals surface area contributed by atoms with E-state index in [1.807, 2.05) is 91.0 Å². The molecule has 43 heavy (non-hydrogen) atoms. The molecule has 0 aliphatic carbocycles. The number of rotatable bonds is 13. The first-order valence-corrected chi connectivity index (χ1v) is 16.0. The first-order valence-electron chi connectivity index (χ1n) is 14.4. The minimum absolute atomic E-state index is 0.0783. The summed E-state index contributed by atoms with van der Waals surface area (Å²) in [6.07, 6.45) is 1.95. The lowest BCUT2D eigenvalue weighted by Crippen LogP contribution is -2.50. The van der Waals surface area contributed by atoms with Crippen LogP contribution in [-0.4, -0.2) is 42.2 Å². The van der Waals surface area contributed by atoms with Gasteiger partial charge in [-0.25, -0.2) is 4.99 Å². The molecule has 1 aliphatic rings. The number of carbonyl (C=O) groups excluding carboxylic acids is 1. The molecule has 8 heteroatoms. The van der Waals surface area contributed by atoms with Crippen molar-refractivity contribution in [3.8, 4) is 5.75 Å². The molecule has 2 atom stereocenters. The average Bonchev–Trinajstić information content (AvgIpc) is 3.42. The first-order chi connectivity index (χ1) is 21.0. The number of hydrogen-bond acceptors (Lipinski definition) is 5. The Balaban J connectivity index is 1.47. The van der Waals surface area contributed by atoms with E-state index in [0.717, 1.165) is 38.5 Å². The molecule has 0 unspecified atom stereocenters. The van der Waals surface area contributed by atoms with Gasteiger partial charge in [0.05, 0.1) is 6.61 Å². The quantitative estimate of drug-likeness (QED) is 0.144. The summed E-state index contributed by atoms with van der Waals surface area (Å²) >= 11 is 7.06. The minimum Gasteiger partial charge on any atom is -0.494 e. The number of amides is 1. The van der Waals surface area contributed by atoms with Crippen LogP contribution in [0.5, 0.6) is 5.75 Å². The van der Waals surface area contributed by atoms with E-state index < -0.39 is 11.6 Å². The predicted octanol–water partition coefficient (Wildman–Crippen LogP) is 7.22. The molecule has 4 aromatic carbocycles. The van der Waals surface area contributed by atoms with E-state index in [1.165, 1.54) is 5.56 Å². The second kappa shape index (κ2) is 14.8. The maximum atomic E-state index is 14.3. The standard InChI is InChI=1S/C35H34Br2N2O4/c36-29-15-9-26(10-16-29)24-35(34(41)38-21-4-8-25-6-2-1-3-7-25)32(27-11-17-30(37)18-12-27)43-33(39-35)28-13-19-31(20-14-28)42-23-5-22-40/h1-3,6-7,9-20,32,40H,4-5,8,21-24H2,(H,38,41)/t32-,35-/m1/s1. The van der Waals surface area contributed by atoms with Crippen molar-refractivity contribution in [1.29, 1.82) is 0 Å². The highest BCUT2D eigenvalue weighted by Crippen LogP contribution is 2.43. The topological polar surface area (TPSA) is 80.2 Å². The summed E-state index contributed by atoms with van der Waals surface area (Å²) in [5, 5.41) is 12.3. The zero-order valence-electron chi connectivity index (χ0n) is 23.7. The van der Waals surface area contributed by atoms with Gasteiger partial charge in [0.2, 0.25) is 5.90 Å². The van der Waals surface area contributed by atoms with Crippen LogP contribution in [-0.2, 0) is 22.4 Å². The van der Waals surface area contributed by atoms with Crippen molar-refractivity contribution in [3.05, 3.63) is 134 Å². The van der Waals surface area contributed by atoms with Crippen LogP contribution in [0.3, 0.4) is 0 Å². The zero-order valence-corrected chi connectivity index (χ0v) is 26.9. The maximum absolute atomic E-state index is 14.3. The summed E-state index contributed by atoms with van der Waals surface area (Å²) in [6, 6.07) is 33.6. The number of aliphatic hydroxyl groups is 1. The largest absolute Gasteiger partial charge is 0.494 e. The van der Waals surface area contributed by atoms with Gasteiger partial charge in [0.15, 0.2) is 11.6 Å². The maximum Gasteiger partial charge on any atom is 0.252 e. The second-order valence-electron chi connectivity index (χ2n) is 10.5. The normalized spacial score (nSPS) is 17.7. The van der Waals surface area contributed by atoms with Crippen LogP contribution < -0.4 is 10.1 Å². The highest BCUT2D eigenvalue weighted by molar-refractivity contribution is 9.10. The summed E-state index contributed by atoms with van der Waals surface area (Å²) in [5.41, 5.74) is 2.60. The molecule has 4 aromatic rings. The number of carbonyl (C=O) groups is 1. The van der Waals surface area contributed by atoms with E-state index >= 15 is 0 Å². The molecule has 2 N–H and O–H groups in total. The van der Waals surface area contributed by atoms with Crippen LogP contribution in [0.2, 0.25) is 0 Å². The number of benzene rings is 4. The van der Waals surface area contributed by atoms with E-state index in [4.69, 9.17) is 19.6 Å². The molecule has 0 radical (unpaired) electrons. The van der Waals surface area contributed by atoms with Crippen molar-refractivity contribution >= 4 is 43.7 Å².